The summed E-state index contributed by atoms with van der Waals surface area (Å²) in [4.78, 5) is 0. The molecular formula is C23H22N2O3. The van der Waals surface area contributed by atoms with E-state index in [-0.39, 0.29) is 0 Å². The average Bonchev–Trinajstić information content (AvgIpc) is 3.19. The van der Waals surface area contributed by atoms with Crippen molar-refractivity contribution >= 4 is 5.69 Å². The number of anilines is 1. The van der Waals surface area contributed by atoms with Crippen LogP contribution in [0.5, 0.6) is 5.75 Å². The van der Waals surface area contributed by atoms with Crippen molar-refractivity contribution in [3.05, 3.63) is 83.3 Å². The Hall–Kier alpha value is -3.23. The first-order chi connectivity index (χ1) is 13.5. The highest BCUT2D eigenvalue weighted by molar-refractivity contribution is 5.57. The summed E-state index contributed by atoms with van der Waals surface area (Å²) in [6.07, 6.45) is 1.50. The van der Waals surface area contributed by atoms with Crippen molar-refractivity contribution in [2.75, 3.05) is 5.32 Å². The molecule has 0 bridgehead atoms. The van der Waals surface area contributed by atoms with Crippen LogP contribution in [0.25, 0.3) is 0 Å². The SMILES string of the molecule is CC1(C)Oc2ccc(C#N)cc2[C@H](Nc2ccccc2Cc2ccco2)[C@H]1O. The van der Waals surface area contributed by atoms with Gasteiger partial charge in [0.2, 0.25) is 0 Å². The summed E-state index contributed by atoms with van der Waals surface area (Å²) in [6, 6.07) is 18.8. The molecule has 0 radical (unpaired) electrons. The van der Waals surface area contributed by atoms with Crippen LogP contribution in [0.2, 0.25) is 0 Å². The van der Waals surface area contributed by atoms with Crippen molar-refractivity contribution in [3.63, 3.8) is 0 Å². The van der Waals surface area contributed by atoms with Gasteiger partial charge in [-0.25, -0.2) is 0 Å². The van der Waals surface area contributed by atoms with Crippen LogP contribution in [-0.4, -0.2) is 16.8 Å². The topological polar surface area (TPSA) is 78.4 Å². The molecule has 2 atom stereocenters. The van der Waals surface area contributed by atoms with E-state index in [2.05, 4.69) is 11.4 Å². The number of hydrogen-bond donors (Lipinski definition) is 2. The van der Waals surface area contributed by atoms with Crippen molar-refractivity contribution in [1.82, 2.24) is 0 Å². The van der Waals surface area contributed by atoms with Crippen LogP contribution < -0.4 is 10.1 Å². The first kappa shape index (κ1) is 18.1. The van der Waals surface area contributed by atoms with E-state index < -0.39 is 17.7 Å². The summed E-state index contributed by atoms with van der Waals surface area (Å²) < 4.78 is 11.5. The largest absolute Gasteiger partial charge is 0.485 e. The van der Waals surface area contributed by atoms with Crippen molar-refractivity contribution in [3.8, 4) is 11.8 Å². The Morgan fingerprint density at radius 2 is 1.96 bits per heavy atom. The molecule has 0 aliphatic carbocycles. The molecule has 1 aliphatic heterocycles. The molecule has 0 spiro atoms. The zero-order valence-electron chi connectivity index (χ0n) is 15.8. The normalized spacial score (nSPS) is 19.9. The number of aliphatic hydroxyl groups is 1. The molecule has 0 saturated heterocycles. The maximum atomic E-state index is 11.0. The second-order valence-corrected chi connectivity index (χ2v) is 7.55. The zero-order valence-corrected chi connectivity index (χ0v) is 15.8. The molecule has 5 nitrogen and oxygen atoms in total. The molecule has 0 fully saturated rings. The minimum absolute atomic E-state index is 0.412. The fraction of sp³-hybridized carbons (Fsp3) is 0.261. The first-order valence-corrected chi connectivity index (χ1v) is 9.26. The Bertz CT molecular complexity index is 1020. The maximum absolute atomic E-state index is 11.0. The van der Waals surface area contributed by atoms with Crippen molar-refractivity contribution in [2.24, 2.45) is 0 Å². The molecule has 2 N–H and O–H groups in total. The monoisotopic (exact) mass is 374 g/mol. The summed E-state index contributed by atoms with van der Waals surface area (Å²) in [6.45, 7) is 3.73. The number of ether oxygens (including phenoxy) is 1. The van der Waals surface area contributed by atoms with Crippen LogP contribution in [0.15, 0.2) is 65.3 Å². The van der Waals surface area contributed by atoms with Gasteiger partial charge in [0.25, 0.3) is 0 Å². The molecule has 5 heteroatoms. The van der Waals surface area contributed by atoms with Crippen LogP contribution in [0, 0.1) is 11.3 Å². The lowest BCUT2D eigenvalue weighted by atomic mass is 9.85. The van der Waals surface area contributed by atoms with E-state index in [1.54, 1.807) is 24.5 Å². The third kappa shape index (κ3) is 3.35. The second kappa shape index (κ2) is 7.06. The number of nitriles is 1. The Morgan fingerprint density at radius 3 is 2.71 bits per heavy atom. The van der Waals surface area contributed by atoms with Gasteiger partial charge in [0.05, 0.1) is 23.9 Å². The van der Waals surface area contributed by atoms with Crippen molar-refractivity contribution in [1.29, 1.82) is 5.26 Å². The molecule has 0 amide bonds. The van der Waals surface area contributed by atoms with Gasteiger partial charge in [-0.05, 0) is 55.8 Å². The number of fused-ring (bicyclic) bond motifs is 1. The molecular weight excluding hydrogens is 352 g/mol. The molecule has 4 rings (SSSR count). The molecule has 1 aromatic heterocycles. The Kier molecular flexibility index (Phi) is 4.58. The number of rotatable bonds is 4. The number of para-hydroxylation sites is 1. The van der Waals surface area contributed by atoms with Gasteiger partial charge in [0.1, 0.15) is 23.2 Å². The van der Waals surface area contributed by atoms with Gasteiger partial charge in [-0.2, -0.15) is 5.26 Å². The first-order valence-electron chi connectivity index (χ1n) is 9.26. The number of benzene rings is 2. The third-order valence-electron chi connectivity index (χ3n) is 5.15. The molecule has 28 heavy (non-hydrogen) atoms. The van der Waals surface area contributed by atoms with E-state index in [4.69, 9.17) is 9.15 Å². The number of hydrogen-bond acceptors (Lipinski definition) is 5. The van der Waals surface area contributed by atoms with Crippen LogP contribution in [0.1, 0.15) is 42.3 Å². The fourth-order valence-corrected chi connectivity index (χ4v) is 3.61. The quantitative estimate of drug-likeness (QED) is 0.706. The summed E-state index contributed by atoms with van der Waals surface area (Å²) in [5.74, 6) is 1.55. The lowest BCUT2D eigenvalue weighted by Gasteiger charge is -2.43. The van der Waals surface area contributed by atoms with E-state index in [0.29, 0.717) is 17.7 Å². The van der Waals surface area contributed by atoms with Gasteiger partial charge >= 0.3 is 0 Å². The van der Waals surface area contributed by atoms with Gasteiger partial charge in [0, 0.05) is 17.7 Å². The zero-order chi connectivity index (χ0) is 19.7. The minimum atomic E-state index is -0.800. The third-order valence-corrected chi connectivity index (χ3v) is 5.15. The molecule has 0 saturated carbocycles. The standard InChI is InChI=1S/C23H22N2O3/c1-23(2)22(26)21(18-12-15(14-24)9-10-20(18)28-23)25-19-8-4-3-6-16(19)13-17-7-5-11-27-17/h3-12,21-22,25-26H,13H2,1-2H3/t21-,22+/m0/s1. The number of aliphatic hydroxyl groups excluding tert-OH is 1. The van der Waals surface area contributed by atoms with Gasteiger partial charge in [0.15, 0.2) is 0 Å². The summed E-state index contributed by atoms with van der Waals surface area (Å²) in [7, 11) is 0. The van der Waals surface area contributed by atoms with E-state index in [0.717, 1.165) is 22.6 Å². The van der Waals surface area contributed by atoms with Gasteiger partial charge in [-0.1, -0.05) is 18.2 Å². The number of nitrogens with zero attached hydrogens (tertiary/aromatic N) is 1. The molecule has 142 valence electrons. The van der Waals surface area contributed by atoms with Gasteiger partial charge in [-0.3, -0.25) is 0 Å². The Labute approximate surface area is 164 Å². The molecule has 1 aliphatic rings. The molecule has 0 unspecified atom stereocenters. The van der Waals surface area contributed by atoms with E-state index in [9.17, 15) is 10.4 Å². The van der Waals surface area contributed by atoms with E-state index in [1.165, 1.54) is 0 Å². The highest BCUT2D eigenvalue weighted by atomic mass is 16.5. The highest BCUT2D eigenvalue weighted by Gasteiger charge is 2.43. The summed E-state index contributed by atoms with van der Waals surface area (Å²) in [5.41, 5.74) is 2.51. The number of furan rings is 1. The minimum Gasteiger partial charge on any atom is -0.485 e. The molecule has 2 aromatic carbocycles. The lowest BCUT2D eigenvalue weighted by Crippen LogP contribution is -2.50. The predicted octanol–water partition coefficient (Wildman–Crippen LogP) is 4.43. The predicted molar refractivity (Wildman–Crippen MR) is 106 cm³/mol. The Balaban J connectivity index is 1.72. The lowest BCUT2D eigenvalue weighted by molar-refractivity contribution is -0.0532. The number of nitrogens with one attached hydrogen (secondary N) is 1. The van der Waals surface area contributed by atoms with Gasteiger partial charge < -0.3 is 19.6 Å². The van der Waals surface area contributed by atoms with E-state index in [1.807, 2.05) is 50.2 Å². The molecule has 2 heterocycles. The summed E-state index contributed by atoms with van der Waals surface area (Å²) in [5, 5.41) is 23.8. The second-order valence-electron chi connectivity index (χ2n) is 7.55. The summed E-state index contributed by atoms with van der Waals surface area (Å²) >= 11 is 0. The smallest absolute Gasteiger partial charge is 0.132 e. The van der Waals surface area contributed by atoms with Crippen LogP contribution >= 0.6 is 0 Å². The van der Waals surface area contributed by atoms with Crippen LogP contribution in [0.4, 0.5) is 5.69 Å². The highest BCUT2D eigenvalue weighted by Crippen LogP contribution is 2.42. The van der Waals surface area contributed by atoms with Crippen molar-refractivity contribution in [2.45, 2.75) is 38.0 Å². The molecule has 3 aromatic rings. The van der Waals surface area contributed by atoms with Crippen LogP contribution in [-0.2, 0) is 6.42 Å². The average molecular weight is 374 g/mol. The van der Waals surface area contributed by atoms with E-state index >= 15 is 0 Å². The maximum Gasteiger partial charge on any atom is 0.132 e. The van der Waals surface area contributed by atoms with Crippen molar-refractivity contribution < 1.29 is 14.3 Å². The van der Waals surface area contributed by atoms with Gasteiger partial charge in [-0.15, -0.1) is 0 Å². The van der Waals surface area contributed by atoms with Crippen LogP contribution in [0.3, 0.4) is 0 Å². The Morgan fingerprint density at radius 1 is 1.14 bits per heavy atom. The fourth-order valence-electron chi connectivity index (χ4n) is 3.61.